The van der Waals surface area contributed by atoms with Crippen LogP contribution in [0.2, 0.25) is 0 Å². The van der Waals surface area contributed by atoms with Crippen molar-refractivity contribution in [1.29, 1.82) is 0 Å². The largest absolute Gasteiger partial charge is 0.454 e. The van der Waals surface area contributed by atoms with Crippen molar-refractivity contribution in [3.63, 3.8) is 0 Å². The van der Waals surface area contributed by atoms with E-state index in [1.54, 1.807) is 6.92 Å². The monoisotopic (exact) mass is 276 g/mol. The van der Waals surface area contributed by atoms with E-state index in [4.69, 9.17) is 9.47 Å². The van der Waals surface area contributed by atoms with Crippen LogP contribution in [0.25, 0.3) is 0 Å². The number of Topliss-reactive ketones (excluding diaryl/α,β-unsaturated/α-hetero) is 1. The summed E-state index contributed by atoms with van der Waals surface area (Å²) in [5.41, 5.74) is 1.29. The van der Waals surface area contributed by atoms with Crippen LogP contribution >= 0.6 is 0 Å². The SMILES string of the molecule is CC(=O)C[C@@H](C)CCC(C)Cc1ccc2c(c1)OCO2. The summed E-state index contributed by atoms with van der Waals surface area (Å²) >= 11 is 0. The summed E-state index contributed by atoms with van der Waals surface area (Å²) in [5.74, 6) is 3.11. The van der Waals surface area contributed by atoms with E-state index < -0.39 is 0 Å². The number of rotatable bonds is 7. The highest BCUT2D eigenvalue weighted by Gasteiger charge is 2.15. The Balaban J connectivity index is 1.79. The Bertz CT molecular complexity index is 467. The number of ether oxygens (including phenoxy) is 2. The maximum absolute atomic E-state index is 11.1. The lowest BCUT2D eigenvalue weighted by molar-refractivity contribution is -0.117. The Morgan fingerprint density at radius 3 is 2.60 bits per heavy atom. The predicted octanol–water partition coefficient (Wildman–Crippen LogP) is 3.99. The zero-order valence-electron chi connectivity index (χ0n) is 12.6. The van der Waals surface area contributed by atoms with Crippen LogP contribution in [0.4, 0.5) is 0 Å². The van der Waals surface area contributed by atoms with Gasteiger partial charge in [-0.3, -0.25) is 0 Å². The molecule has 3 heteroatoms. The fourth-order valence-corrected chi connectivity index (χ4v) is 2.73. The van der Waals surface area contributed by atoms with E-state index >= 15 is 0 Å². The Morgan fingerprint density at radius 1 is 1.15 bits per heavy atom. The van der Waals surface area contributed by atoms with Gasteiger partial charge < -0.3 is 14.3 Å². The first-order chi connectivity index (χ1) is 9.54. The lowest BCUT2D eigenvalue weighted by Gasteiger charge is -2.15. The fourth-order valence-electron chi connectivity index (χ4n) is 2.73. The minimum absolute atomic E-state index is 0.293. The maximum Gasteiger partial charge on any atom is 0.231 e. The van der Waals surface area contributed by atoms with Crippen molar-refractivity contribution in [1.82, 2.24) is 0 Å². The molecule has 0 radical (unpaired) electrons. The molecule has 110 valence electrons. The molecule has 20 heavy (non-hydrogen) atoms. The molecule has 3 nitrogen and oxygen atoms in total. The normalized spacial score (nSPS) is 15.9. The predicted molar refractivity (Wildman–Crippen MR) is 79.1 cm³/mol. The van der Waals surface area contributed by atoms with Crippen LogP contribution in [-0.4, -0.2) is 12.6 Å². The van der Waals surface area contributed by atoms with Crippen molar-refractivity contribution >= 4 is 5.78 Å². The van der Waals surface area contributed by atoms with E-state index in [1.807, 2.05) is 6.07 Å². The van der Waals surface area contributed by atoms with Crippen molar-refractivity contribution in [3.05, 3.63) is 23.8 Å². The van der Waals surface area contributed by atoms with Gasteiger partial charge in [0.05, 0.1) is 0 Å². The molecule has 1 aromatic carbocycles. The van der Waals surface area contributed by atoms with Crippen LogP contribution in [0.3, 0.4) is 0 Å². The Kier molecular flexibility index (Phi) is 5.05. The Hall–Kier alpha value is -1.51. The number of carbonyl (C=O) groups is 1. The van der Waals surface area contributed by atoms with Crippen molar-refractivity contribution in [3.8, 4) is 11.5 Å². The highest BCUT2D eigenvalue weighted by atomic mass is 16.7. The van der Waals surface area contributed by atoms with Gasteiger partial charge >= 0.3 is 0 Å². The molecular formula is C17H24O3. The third kappa shape index (κ3) is 4.26. The fraction of sp³-hybridized carbons (Fsp3) is 0.588. The summed E-state index contributed by atoms with van der Waals surface area (Å²) in [5, 5.41) is 0. The van der Waals surface area contributed by atoms with Crippen molar-refractivity contribution in [2.45, 2.75) is 46.5 Å². The maximum atomic E-state index is 11.1. The highest BCUT2D eigenvalue weighted by molar-refractivity contribution is 5.75. The molecule has 0 saturated heterocycles. The average Bonchev–Trinajstić information content (AvgIpc) is 2.83. The lowest BCUT2D eigenvalue weighted by atomic mass is 9.91. The molecule has 0 spiro atoms. The number of fused-ring (bicyclic) bond motifs is 1. The van der Waals surface area contributed by atoms with E-state index in [1.165, 1.54) is 5.56 Å². The van der Waals surface area contributed by atoms with E-state index in [0.29, 0.717) is 30.8 Å². The molecule has 1 aliphatic heterocycles. The smallest absolute Gasteiger partial charge is 0.231 e. The molecular weight excluding hydrogens is 252 g/mol. The minimum atomic E-state index is 0.293. The van der Waals surface area contributed by atoms with Crippen LogP contribution in [0.5, 0.6) is 11.5 Å². The van der Waals surface area contributed by atoms with Gasteiger partial charge in [0.2, 0.25) is 6.79 Å². The summed E-state index contributed by atoms with van der Waals surface area (Å²) in [6.07, 6.45) is 4.02. The molecule has 2 rings (SSSR count). The Morgan fingerprint density at radius 2 is 1.85 bits per heavy atom. The van der Waals surface area contributed by atoms with E-state index in [0.717, 1.165) is 30.8 Å². The number of benzene rings is 1. The summed E-state index contributed by atoms with van der Waals surface area (Å²) in [6, 6.07) is 6.18. The van der Waals surface area contributed by atoms with Crippen LogP contribution in [0, 0.1) is 11.8 Å². The molecule has 2 atom stereocenters. The molecule has 0 bridgehead atoms. The van der Waals surface area contributed by atoms with Gasteiger partial charge in [0.25, 0.3) is 0 Å². The molecule has 1 aromatic rings. The molecule has 0 aliphatic carbocycles. The Labute approximate surface area is 121 Å². The molecule has 0 amide bonds. The van der Waals surface area contributed by atoms with Crippen LogP contribution in [0.15, 0.2) is 18.2 Å². The molecule has 0 saturated carbocycles. The summed E-state index contributed by atoms with van der Waals surface area (Å²) < 4.78 is 10.7. The first-order valence-electron chi connectivity index (χ1n) is 7.42. The van der Waals surface area contributed by atoms with E-state index in [9.17, 15) is 4.79 Å². The third-order valence-corrected chi connectivity index (χ3v) is 3.81. The van der Waals surface area contributed by atoms with Gasteiger partial charge in [-0.1, -0.05) is 32.8 Å². The molecule has 1 heterocycles. The molecule has 1 unspecified atom stereocenters. The quantitative estimate of drug-likeness (QED) is 0.755. The minimum Gasteiger partial charge on any atom is -0.454 e. The van der Waals surface area contributed by atoms with Gasteiger partial charge in [0, 0.05) is 6.42 Å². The first kappa shape index (κ1) is 14.9. The zero-order chi connectivity index (χ0) is 14.5. The van der Waals surface area contributed by atoms with Crippen LogP contribution in [0.1, 0.15) is 45.6 Å². The van der Waals surface area contributed by atoms with Gasteiger partial charge in [-0.2, -0.15) is 0 Å². The molecule has 0 fully saturated rings. The highest BCUT2D eigenvalue weighted by Crippen LogP contribution is 2.33. The number of hydrogen-bond acceptors (Lipinski definition) is 3. The second kappa shape index (κ2) is 6.78. The molecule has 0 aromatic heterocycles. The van der Waals surface area contributed by atoms with E-state index in [-0.39, 0.29) is 0 Å². The molecule has 0 N–H and O–H groups in total. The summed E-state index contributed by atoms with van der Waals surface area (Å²) in [6.45, 7) is 6.43. The second-order valence-corrected chi connectivity index (χ2v) is 6.09. The average molecular weight is 276 g/mol. The summed E-state index contributed by atoms with van der Waals surface area (Å²) in [4.78, 5) is 11.1. The van der Waals surface area contributed by atoms with Crippen molar-refractivity contribution in [2.24, 2.45) is 11.8 Å². The van der Waals surface area contributed by atoms with E-state index in [2.05, 4.69) is 26.0 Å². The van der Waals surface area contributed by atoms with Gasteiger partial charge in [-0.15, -0.1) is 0 Å². The van der Waals surface area contributed by atoms with Crippen molar-refractivity contribution in [2.75, 3.05) is 6.79 Å². The first-order valence-corrected chi connectivity index (χ1v) is 7.42. The van der Waals surface area contributed by atoms with Gasteiger partial charge in [0.1, 0.15) is 5.78 Å². The molecule has 1 aliphatic rings. The second-order valence-electron chi connectivity index (χ2n) is 6.09. The van der Waals surface area contributed by atoms with Gasteiger partial charge in [0.15, 0.2) is 11.5 Å². The van der Waals surface area contributed by atoms with Gasteiger partial charge in [-0.25, -0.2) is 0 Å². The van der Waals surface area contributed by atoms with Gasteiger partial charge in [-0.05, 0) is 42.9 Å². The zero-order valence-corrected chi connectivity index (χ0v) is 12.6. The van der Waals surface area contributed by atoms with Crippen LogP contribution < -0.4 is 9.47 Å². The number of carbonyl (C=O) groups excluding carboxylic acids is 1. The lowest BCUT2D eigenvalue weighted by Crippen LogP contribution is -2.06. The third-order valence-electron chi connectivity index (χ3n) is 3.81. The standard InChI is InChI=1S/C17H24O3/c1-12(8-14(3)18)4-5-13(2)9-15-6-7-16-17(10-15)20-11-19-16/h6-7,10,12-13H,4-5,8-9,11H2,1-3H3/t12-,13?/m0/s1. The number of ketones is 1. The summed E-state index contributed by atoms with van der Waals surface area (Å²) in [7, 11) is 0. The number of hydrogen-bond donors (Lipinski definition) is 0. The van der Waals surface area contributed by atoms with Crippen LogP contribution in [-0.2, 0) is 11.2 Å². The van der Waals surface area contributed by atoms with Crippen molar-refractivity contribution < 1.29 is 14.3 Å². The topological polar surface area (TPSA) is 35.5 Å².